The lowest BCUT2D eigenvalue weighted by molar-refractivity contribution is -0.786. The van der Waals surface area contributed by atoms with Crippen molar-refractivity contribution in [3.05, 3.63) is 0 Å². The van der Waals surface area contributed by atoms with Crippen molar-refractivity contribution < 1.29 is 33.6 Å². The van der Waals surface area contributed by atoms with E-state index in [1.54, 1.807) is 0 Å². The van der Waals surface area contributed by atoms with Crippen LogP contribution in [0.3, 0.4) is 0 Å². The first-order chi connectivity index (χ1) is 14.9. The highest BCUT2D eigenvalue weighted by Gasteiger charge is 2.55. The third-order valence-corrected chi connectivity index (χ3v) is 7.10. The van der Waals surface area contributed by atoms with Gasteiger partial charge in [-0.2, -0.15) is 4.48 Å². The van der Waals surface area contributed by atoms with Gasteiger partial charge in [0.25, 0.3) is 0 Å². The molecule has 2 heterocycles. The van der Waals surface area contributed by atoms with Crippen molar-refractivity contribution in [2.75, 3.05) is 26.3 Å². The van der Waals surface area contributed by atoms with Gasteiger partial charge in [0.05, 0.1) is 31.7 Å². The number of hydroxylamine groups is 2. The number of hydrogen-bond donors (Lipinski definition) is 3. The van der Waals surface area contributed by atoms with Gasteiger partial charge in [-0.1, -0.05) is 25.7 Å². The summed E-state index contributed by atoms with van der Waals surface area (Å²) in [6, 6.07) is -1.71. The van der Waals surface area contributed by atoms with Crippen molar-refractivity contribution in [3.63, 3.8) is 0 Å². The molecule has 0 bridgehead atoms. The quantitative estimate of drug-likeness (QED) is 0.240. The highest BCUT2D eigenvalue weighted by atomic mass is 16.5. The van der Waals surface area contributed by atoms with Gasteiger partial charge >= 0.3 is 18.0 Å². The molecule has 2 saturated heterocycles. The zero-order chi connectivity index (χ0) is 22.4. The van der Waals surface area contributed by atoms with Crippen molar-refractivity contribution in [1.29, 1.82) is 0 Å². The fourth-order valence-electron chi connectivity index (χ4n) is 5.37. The van der Waals surface area contributed by atoms with E-state index in [4.69, 9.17) is 4.74 Å². The summed E-state index contributed by atoms with van der Waals surface area (Å²) in [4.78, 5) is 50.5. The van der Waals surface area contributed by atoms with Crippen LogP contribution in [0.4, 0.5) is 9.59 Å². The molecule has 174 valence electrons. The van der Waals surface area contributed by atoms with Gasteiger partial charge in [-0.15, -0.1) is 0 Å². The summed E-state index contributed by atoms with van der Waals surface area (Å²) in [7, 11) is 0. The molecule has 3 fully saturated rings. The first-order valence-corrected chi connectivity index (χ1v) is 11.4. The topological polar surface area (TPSA) is 125 Å². The molecule has 31 heavy (non-hydrogen) atoms. The van der Waals surface area contributed by atoms with E-state index in [2.05, 4.69) is 10.6 Å². The van der Waals surface area contributed by atoms with Crippen LogP contribution < -0.4 is 10.6 Å². The number of amides is 6. The van der Waals surface area contributed by atoms with Crippen LogP contribution in [0, 0.1) is 11.8 Å². The van der Waals surface area contributed by atoms with Crippen LogP contribution in [-0.4, -0.2) is 77.5 Å². The number of rotatable bonds is 7. The zero-order valence-electron chi connectivity index (χ0n) is 18.3. The Hall–Kier alpha value is -2.04. The Labute approximate surface area is 182 Å². The molecule has 0 aromatic heterocycles. The fraction of sp³-hybridized carbons (Fsp3) is 0.810. The molecule has 10 nitrogen and oxygen atoms in total. The van der Waals surface area contributed by atoms with Crippen molar-refractivity contribution in [2.24, 2.45) is 11.8 Å². The first kappa shape index (κ1) is 23.6. The Morgan fingerprint density at radius 3 is 2.52 bits per heavy atom. The third-order valence-electron chi connectivity index (χ3n) is 7.10. The summed E-state index contributed by atoms with van der Waals surface area (Å²) in [5, 5.41) is 15.4. The monoisotopic (exact) mass is 439 g/mol. The number of nitrogens with one attached hydrogen (secondary N) is 2. The van der Waals surface area contributed by atoms with Gasteiger partial charge in [0.1, 0.15) is 6.04 Å². The number of likely N-dealkylation sites (tertiary alicyclic amines) is 1. The largest absolute Gasteiger partial charge is 0.432 e. The zero-order valence-corrected chi connectivity index (χ0v) is 18.3. The molecular weight excluding hydrogens is 404 g/mol. The fourth-order valence-corrected chi connectivity index (χ4v) is 5.37. The SMILES string of the molecule is C[C@@H]1CCC[N+]1(C(=O)NC(=O)N[C@H]1CCOC1)C(=O)[C@H](CC1CCCC1)CN(O)C=O. The predicted molar refractivity (Wildman–Crippen MR) is 110 cm³/mol. The van der Waals surface area contributed by atoms with E-state index < -0.39 is 22.5 Å². The van der Waals surface area contributed by atoms with E-state index in [1.807, 2.05) is 6.92 Å². The van der Waals surface area contributed by atoms with Gasteiger partial charge in [-0.05, 0) is 25.7 Å². The molecular formula is C21H35N4O6+. The number of carbonyl (C=O) groups excluding carboxylic acids is 4. The second-order valence-corrected chi connectivity index (χ2v) is 9.20. The molecule has 1 aliphatic carbocycles. The van der Waals surface area contributed by atoms with Gasteiger partial charge in [-0.25, -0.2) is 24.8 Å². The summed E-state index contributed by atoms with van der Waals surface area (Å²) < 4.78 is 4.76. The highest BCUT2D eigenvalue weighted by molar-refractivity contribution is 5.95. The van der Waals surface area contributed by atoms with Gasteiger partial charge in [0, 0.05) is 19.4 Å². The smallest absolute Gasteiger partial charge is 0.379 e. The van der Waals surface area contributed by atoms with E-state index in [1.165, 1.54) is 0 Å². The molecule has 0 radical (unpaired) electrons. The average Bonchev–Trinajstić information content (AvgIpc) is 3.49. The van der Waals surface area contributed by atoms with E-state index in [0.29, 0.717) is 56.4 Å². The predicted octanol–water partition coefficient (Wildman–Crippen LogP) is 1.76. The Morgan fingerprint density at radius 1 is 1.19 bits per heavy atom. The van der Waals surface area contributed by atoms with Crippen LogP contribution in [0.1, 0.15) is 58.3 Å². The minimum absolute atomic E-state index is 0.148. The maximum atomic E-state index is 13.8. The van der Waals surface area contributed by atoms with Crippen molar-refractivity contribution in [2.45, 2.75) is 70.4 Å². The summed E-state index contributed by atoms with van der Waals surface area (Å²) >= 11 is 0. The van der Waals surface area contributed by atoms with Gasteiger partial charge < -0.3 is 10.1 Å². The van der Waals surface area contributed by atoms with Crippen LogP contribution in [0.5, 0.6) is 0 Å². The molecule has 3 aliphatic rings. The lowest BCUT2D eigenvalue weighted by atomic mass is 9.91. The Morgan fingerprint density at radius 2 is 1.94 bits per heavy atom. The number of nitrogens with zero attached hydrogens (tertiary/aromatic N) is 2. The van der Waals surface area contributed by atoms with Gasteiger partial charge in [0.2, 0.25) is 6.41 Å². The number of ether oxygens (including phenoxy) is 1. The van der Waals surface area contributed by atoms with Crippen molar-refractivity contribution in [1.82, 2.24) is 15.7 Å². The van der Waals surface area contributed by atoms with E-state index in [-0.39, 0.29) is 30.9 Å². The van der Waals surface area contributed by atoms with E-state index in [9.17, 15) is 24.4 Å². The number of quaternary nitrogens is 1. The number of carbonyl (C=O) groups is 4. The van der Waals surface area contributed by atoms with Crippen LogP contribution in [0.15, 0.2) is 0 Å². The second-order valence-electron chi connectivity index (χ2n) is 9.20. The van der Waals surface area contributed by atoms with Gasteiger partial charge in [-0.3, -0.25) is 10.0 Å². The van der Waals surface area contributed by atoms with Crippen molar-refractivity contribution >= 4 is 24.4 Å². The van der Waals surface area contributed by atoms with Crippen LogP contribution >= 0.6 is 0 Å². The lowest BCUT2D eigenvalue weighted by Crippen LogP contribution is -2.66. The molecule has 1 saturated carbocycles. The van der Waals surface area contributed by atoms with Crippen molar-refractivity contribution in [3.8, 4) is 0 Å². The Bertz CT molecular complexity index is 677. The van der Waals surface area contributed by atoms with E-state index >= 15 is 0 Å². The van der Waals surface area contributed by atoms with Crippen LogP contribution in [0.25, 0.3) is 0 Å². The number of urea groups is 2. The molecule has 0 spiro atoms. The molecule has 2 aliphatic heterocycles. The molecule has 4 atom stereocenters. The summed E-state index contributed by atoms with van der Waals surface area (Å²) in [6.07, 6.45) is 7.06. The molecule has 0 aromatic carbocycles. The maximum absolute atomic E-state index is 13.8. The first-order valence-electron chi connectivity index (χ1n) is 11.4. The minimum atomic E-state index is -0.670. The van der Waals surface area contributed by atoms with Crippen LogP contribution in [-0.2, 0) is 14.3 Å². The molecule has 3 rings (SSSR count). The van der Waals surface area contributed by atoms with E-state index in [0.717, 1.165) is 25.7 Å². The molecule has 3 N–H and O–H groups in total. The average molecular weight is 440 g/mol. The summed E-state index contributed by atoms with van der Waals surface area (Å²) in [5.74, 6) is -0.663. The van der Waals surface area contributed by atoms with Crippen LogP contribution in [0.2, 0.25) is 0 Å². The van der Waals surface area contributed by atoms with Gasteiger partial charge in [0.15, 0.2) is 0 Å². The number of imide groups is 2. The molecule has 10 heteroatoms. The highest BCUT2D eigenvalue weighted by Crippen LogP contribution is 2.35. The molecule has 1 unspecified atom stereocenters. The minimum Gasteiger partial charge on any atom is -0.379 e. The third kappa shape index (κ3) is 5.42. The Balaban J connectivity index is 1.76. The summed E-state index contributed by atoms with van der Waals surface area (Å²) in [6.45, 7) is 2.96. The normalized spacial score (nSPS) is 29.5. The second kappa shape index (κ2) is 10.5. The maximum Gasteiger partial charge on any atom is 0.432 e. The number of hydrogen-bond acceptors (Lipinski definition) is 6. The lowest BCUT2D eigenvalue weighted by Gasteiger charge is -2.36. The summed E-state index contributed by atoms with van der Waals surface area (Å²) in [5.41, 5.74) is 0. The Kier molecular flexibility index (Phi) is 8.01. The molecule has 6 amide bonds. The molecule has 0 aromatic rings. The standard InChI is InChI=1S/C21H34N4O6/c1-15-5-4-9-25(15,21(29)23-20(28)22-18-8-10-31-13-18)19(27)17(12-24(30)14-26)11-16-6-2-3-7-16/h14-18,30H,2-13H2,1H3,(H-,22,23,28,29)/p+1/t15-,17-,18+,25?/m1/s1.